The Morgan fingerprint density at radius 3 is 2.84 bits per heavy atom. The van der Waals surface area contributed by atoms with E-state index in [0.717, 1.165) is 24.3 Å². The number of halogens is 2. The molecule has 1 atom stereocenters. The Hall–Kier alpha value is -0.750. The first kappa shape index (κ1) is 13.2. The van der Waals surface area contributed by atoms with Gasteiger partial charge in [-0.15, -0.1) is 22.7 Å². The zero-order valence-electron chi connectivity index (χ0n) is 9.77. The molecule has 1 aromatic carbocycles. The molecule has 0 aliphatic heterocycles. The number of thiophene rings is 2. The van der Waals surface area contributed by atoms with E-state index in [-0.39, 0.29) is 5.82 Å². The molecule has 0 radical (unpaired) electrons. The fraction of sp³-hybridized carbons (Fsp3) is 0.143. The summed E-state index contributed by atoms with van der Waals surface area (Å²) in [6.07, 6.45) is 0.0310. The summed E-state index contributed by atoms with van der Waals surface area (Å²) in [4.78, 5) is 2.00. The second kappa shape index (κ2) is 5.32. The monoisotopic (exact) mass is 356 g/mol. The lowest BCUT2D eigenvalue weighted by atomic mass is 10.1. The van der Waals surface area contributed by atoms with Gasteiger partial charge in [0.15, 0.2) is 0 Å². The molecule has 98 valence electrons. The van der Waals surface area contributed by atoms with Gasteiger partial charge in [-0.05, 0) is 57.0 Å². The smallest absolute Gasteiger partial charge is 0.123 e. The summed E-state index contributed by atoms with van der Waals surface area (Å²) in [5.41, 5.74) is 0. The second-order valence-electron chi connectivity index (χ2n) is 4.24. The minimum atomic E-state index is -0.546. The highest BCUT2D eigenvalue weighted by Gasteiger charge is 2.14. The van der Waals surface area contributed by atoms with Gasteiger partial charge in [0.1, 0.15) is 5.82 Å². The van der Waals surface area contributed by atoms with Crippen molar-refractivity contribution in [1.82, 2.24) is 0 Å². The van der Waals surface area contributed by atoms with Crippen LogP contribution in [0.25, 0.3) is 10.1 Å². The highest BCUT2D eigenvalue weighted by atomic mass is 79.9. The number of benzene rings is 1. The fourth-order valence-corrected chi connectivity index (χ4v) is 4.53. The molecule has 1 unspecified atom stereocenters. The van der Waals surface area contributed by atoms with Crippen molar-refractivity contribution in [2.75, 3.05) is 0 Å². The molecular weight excluding hydrogens is 347 g/mol. The van der Waals surface area contributed by atoms with Gasteiger partial charge in [0.2, 0.25) is 0 Å². The van der Waals surface area contributed by atoms with Gasteiger partial charge in [-0.3, -0.25) is 0 Å². The van der Waals surface area contributed by atoms with Crippen LogP contribution in [0, 0.1) is 5.82 Å². The molecule has 19 heavy (non-hydrogen) atoms. The molecule has 0 saturated carbocycles. The lowest BCUT2D eigenvalue weighted by Gasteiger charge is -2.06. The van der Waals surface area contributed by atoms with Gasteiger partial charge >= 0.3 is 0 Å². The van der Waals surface area contributed by atoms with Crippen LogP contribution in [0.1, 0.15) is 15.9 Å². The molecule has 0 aliphatic carbocycles. The van der Waals surface area contributed by atoms with Gasteiger partial charge in [-0.1, -0.05) is 0 Å². The Labute approximate surface area is 126 Å². The molecule has 2 heterocycles. The van der Waals surface area contributed by atoms with Crippen LogP contribution in [-0.2, 0) is 6.42 Å². The van der Waals surface area contributed by atoms with Crippen molar-refractivity contribution in [3.05, 3.63) is 55.8 Å². The molecule has 2 aromatic heterocycles. The van der Waals surface area contributed by atoms with E-state index in [1.54, 1.807) is 17.4 Å². The number of aliphatic hydroxyl groups excluding tert-OH is 1. The number of fused-ring (bicyclic) bond motifs is 1. The third kappa shape index (κ3) is 2.74. The van der Waals surface area contributed by atoms with Gasteiger partial charge in [0.25, 0.3) is 0 Å². The number of hydrogen-bond donors (Lipinski definition) is 1. The van der Waals surface area contributed by atoms with Crippen molar-refractivity contribution >= 4 is 48.7 Å². The standard InChI is InChI=1S/C14H10BrFOS2/c15-10-3-4-18-13(10)7-11(17)14-6-8-5-9(16)1-2-12(8)19-14/h1-6,11,17H,7H2. The molecule has 5 heteroatoms. The molecule has 0 saturated heterocycles. The van der Waals surface area contributed by atoms with Crippen molar-refractivity contribution in [3.63, 3.8) is 0 Å². The molecule has 1 nitrogen and oxygen atoms in total. The molecule has 0 aliphatic rings. The van der Waals surface area contributed by atoms with Gasteiger partial charge in [0, 0.05) is 25.3 Å². The van der Waals surface area contributed by atoms with Crippen molar-refractivity contribution in [2.24, 2.45) is 0 Å². The predicted molar refractivity (Wildman–Crippen MR) is 82.5 cm³/mol. The average Bonchev–Trinajstić information content (AvgIpc) is 2.96. The molecule has 0 spiro atoms. The largest absolute Gasteiger partial charge is 0.387 e. The summed E-state index contributed by atoms with van der Waals surface area (Å²) >= 11 is 6.60. The van der Waals surface area contributed by atoms with E-state index in [2.05, 4.69) is 15.9 Å². The van der Waals surface area contributed by atoms with Gasteiger partial charge in [0.05, 0.1) is 6.10 Å². The van der Waals surface area contributed by atoms with Gasteiger partial charge in [-0.25, -0.2) is 4.39 Å². The Kier molecular flexibility index (Phi) is 3.71. The Morgan fingerprint density at radius 1 is 1.26 bits per heavy atom. The van der Waals surface area contributed by atoms with E-state index in [9.17, 15) is 9.50 Å². The summed E-state index contributed by atoms with van der Waals surface area (Å²) in [6, 6.07) is 8.56. The van der Waals surface area contributed by atoms with Crippen molar-refractivity contribution in [3.8, 4) is 0 Å². The van der Waals surface area contributed by atoms with Crippen LogP contribution in [0.4, 0.5) is 4.39 Å². The van der Waals surface area contributed by atoms with Crippen molar-refractivity contribution in [2.45, 2.75) is 12.5 Å². The topological polar surface area (TPSA) is 20.2 Å². The maximum atomic E-state index is 13.1. The van der Waals surface area contributed by atoms with E-state index >= 15 is 0 Å². The average molecular weight is 357 g/mol. The van der Waals surface area contributed by atoms with Crippen LogP contribution in [0.3, 0.4) is 0 Å². The van der Waals surface area contributed by atoms with Crippen LogP contribution in [0.2, 0.25) is 0 Å². The van der Waals surface area contributed by atoms with Crippen LogP contribution in [0.15, 0.2) is 40.2 Å². The lowest BCUT2D eigenvalue weighted by Crippen LogP contribution is -1.97. The first-order chi connectivity index (χ1) is 9.13. The number of aliphatic hydroxyl groups is 1. The van der Waals surface area contributed by atoms with Crippen LogP contribution in [-0.4, -0.2) is 5.11 Å². The highest BCUT2D eigenvalue weighted by Crippen LogP contribution is 2.34. The summed E-state index contributed by atoms with van der Waals surface area (Å²) < 4.78 is 15.2. The SMILES string of the molecule is OC(Cc1sccc1Br)c1cc2cc(F)ccc2s1. The first-order valence-electron chi connectivity index (χ1n) is 5.72. The molecule has 3 rings (SSSR count). The van der Waals surface area contributed by atoms with E-state index in [4.69, 9.17) is 0 Å². The quantitative estimate of drug-likeness (QED) is 0.688. The van der Waals surface area contributed by atoms with Crippen molar-refractivity contribution in [1.29, 1.82) is 0 Å². The minimum absolute atomic E-state index is 0.243. The van der Waals surface area contributed by atoms with Crippen LogP contribution < -0.4 is 0 Å². The summed E-state index contributed by atoms with van der Waals surface area (Å²) in [6.45, 7) is 0. The first-order valence-corrected chi connectivity index (χ1v) is 8.21. The van der Waals surface area contributed by atoms with Gasteiger partial charge < -0.3 is 5.11 Å². The maximum absolute atomic E-state index is 13.1. The Morgan fingerprint density at radius 2 is 2.11 bits per heavy atom. The van der Waals surface area contributed by atoms with E-state index in [0.29, 0.717) is 6.42 Å². The van der Waals surface area contributed by atoms with Gasteiger partial charge in [-0.2, -0.15) is 0 Å². The van der Waals surface area contributed by atoms with E-state index in [1.807, 2.05) is 17.5 Å². The molecule has 0 amide bonds. The second-order valence-corrected chi connectivity index (χ2v) is 7.21. The molecule has 0 bridgehead atoms. The Balaban J connectivity index is 1.89. The van der Waals surface area contributed by atoms with E-state index < -0.39 is 6.10 Å². The molecule has 0 fully saturated rings. The van der Waals surface area contributed by atoms with E-state index in [1.165, 1.54) is 23.5 Å². The molecular formula is C14H10BrFOS2. The molecule has 3 aromatic rings. The fourth-order valence-electron chi connectivity index (χ4n) is 1.95. The maximum Gasteiger partial charge on any atom is 0.123 e. The zero-order chi connectivity index (χ0) is 13.4. The Bertz CT molecular complexity index is 719. The van der Waals surface area contributed by atoms with Crippen molar-refractivity contribution < 1.29 is 9.50 Å². The van der Waals surface area contributed by atoms with Crippen LogP contribution >= 0.6 is 38.6 Å². The highest BCUT2D eigenvalue weighted by molar-refractivity contribution is 9.10. The normalized spacial score (nSPS) is 13.0. The van der Waals surface area contributed by atoms with Crippen LogP contribution in [0.5, 0.6) is 0 Å². The summed E-state index contributed by atoms with van der Waals surface area (Å²) in [5, 5.41) is 13.1. The number of hydrogen-bond acceptors (Lipinski definition) is 3. The third-order valence-electron chi connectivity index (χ3n) is 2.90. The molecule has 1 N–H and O–H groups in total. The summed E-state index contributed by atoms with van der Waals surface area (Å²) in [7, 11) is 0. The minimum Gasteiger partial charge on any atom is -0.387 e. The third-order valence-corrected chi connectivity index (χ3v) is 6.06. The number of rotatable bonds is 3. The zero-order valence-corrected chi connectivity index (χ0v) is 13.0. The lowest BCUT2D eigenvalue weighted by molar-refractivity contribution is 0.183. The summed E-state index contributed by atoms with van der Waals surface area (Å²) in [5.74, 6) is -0.243. The predicted octanol–water partition coefficient (Wildman–Crippen LogP) is 5.14.